The molecule has 0 aromatic heterocycles. The van der Waals surface area contributed by atoms with Gasteiger partial charge in [0.25, 0.3) is 10.0 Å². The Hall–Kier alpha value is -4.32. The smallest absolute Gasteiger partial charge is 0.264 e. The molecular formula is C31H36FN3O7S. The summed E-state index contributed by atoms with van der Waals surface area (Å²) in [6.07, 6.45) is 0. The molecule has 4 rings (SSSR count). The van der Waals surface area contributed by atoms with Crippen molar-refractivity contribution in [3.05, 3.63) is 78.1 Å². The monoisotopic (exact) mass is 613 g/mol. The Balaban J connectivity index is 1.70. The number of amides is 2. The number of nitrogens with zero attached hydrogens (tertiary/aromatic N) is 2. The summed E-state index contributed by atoms with van der Waals surface area (Å²) in [6.45, 7) is 5.88. The molecular weight excluding hydrogens is 577 g/mol. The van der Waals surface area contributed by atoms with E-state index in [1.807, 2.05) is 13.8 Å². The Bertz CT molecular complexity index is 1530. The highest BCUT2D eigenvalue weighted by Crippen LogP contribution is 2.34. The van der Waals surface area contributed by atoms with Crippen LogP contribution < -0.4 is 23.8 Å². The number of halogens is 1. The van der Waals surface area contributed by atoms with Crippen LogP contribution in [-0.4, -0.2) is 64.6 Å². The van der Waals surface area contributed by atoms with Gasteiger partial charge in [0.1, 0.15) is 37.4 Å². The van der Waals surface area contributed by atoms with Gasteiger partial charge in [0.05, 0.1) is 17.7 Å². The van der Waals surface area contributed by atoms with Crippen LogP contribution in [0.1, 0.15) is 26.3 Å². The maximum Gasteiger partial charge on any atom is 0.264 e. The quantitative estimate of drug-likeness (QED) is 0.329. The summed E-state index contributed by atoms with van der Waals surface area (Å²) in [5.41, 5.74) is 0.784. The average molecular weight is 614 g/mol. The van der Waals surface area contributed by atoms with Gasteiger partial charge in [-0.1, -0.05) is 26.0 Å². The second-order valence-corrected chi connectivity index (χ2v) is 12.3. The van der Waals surface area contributed by atoms with E-state index in [9.17, 15) is 22.4 Å². The number of benzene rings is 3. The van der Waals surface area contributed by atoms with Crippen LogP contribution in [0, 0.1) is 11.7 Å². The molecule has 12 heteroatoms. The fourth-order valence-electron chi connectivity index (χ4n) is 4.41. The van der Waals surface area contributed by atoms with Gasteiger partial charge >= 0.3 is 0 Å². The van der Waals surface area contributed by atoms with E-state index in [1.54, 1.807) is 31.2 Å². The molecule has 3 aromatic rings. The summed E-state index contributed by atoms with van der Waals surface area (Å²) in [5.74, 6) is -0.101. The van der Waals surface area contributed by atoms with Crippen molar-refractivity contribution in [1.29, 1.82) is 0 Å². The summed E-state index contributed by atoms with van der Waals surface area (Å²) >= 11 is 0. The highest BCUT2D eigenvalue weighted by molar-refractivity contribution is 7.92. The summed E-state index contributed by atoms with van der Waals surface area (Å²) in [5, 5.41) is 2.85. The first kappa shape index (κ1) is 31.6. The van der Waals surface area contributed by atoms with Crippen molar-refractivity contribution >= 4 is 27.5 Å². The van der Waals surface area contributed by atoms with E-state index in [0.29, 0.717) is 30.2 Å². The van der Waals surface area contributed by atoms with Crippen LogP contribution in [0.5, 0.6) is 17.2 Å². The van der Waals surface area contributed by atoms with E-state index in [4.69, 9.17) is 14.2 Å². The molecule has 0 bridgehead atoms. The Labute approximate surface area is 251 Å². The van der Waals surface area contributed by atoms with Crippen molar-refractivity contribution in [3.63, 3.8) is 0 Å². The fraction of sp³-hybridized carbons (Fsp3) is 0.355. The van der Waals surface area contributed by atoms with Gasteiger partial charge in [-0.2, -0.15) is 0 Å². The minimum Gasteiger partial charge on any atom is -0.497 e. The number of carbonyl (C=O) groups is 2. The first-order valence-corrected chi connectivity index (χ1v) is 15.3. The van der Waals surface area contributed by atoms with Gasteiger partial charge in [-0.25, -0.2) is 12.8 Å². The molecule has 43 heavy (non-hydrogen) atoms. The lowest BCUT2D eigenvalue weighted by Crippen LogP contribution is -2.51. The maximum atomic E-state index is 14.0. The van der Waals surface area contributed by atoms with E-state index in [2.05, 4.69) is 5.32 Å². The Morgan fingerprint density at radius 2 is 1.60 bits per heavy atom. The van der Waals surface area contributed by atoms with Gasteiger partial charge in [0, 0.05) is 19.2 Å². The third kappa shape index (κ3) is 7.75. The molecule has 230 valence electrons. The predicted molar refractivity (Wildman–Crippen MR) is 159 cm³/mol. The molecule has 1 atom stereocenters. The van der Waals surface area contributed by atoms with Crippen LogP contribution >= 0.6 is 0 Å². The Morgan fingerprint density at radius 3 is 2.23 bits per heavy atom. The lowest BCUT2D eigenvalue weighted by molar-refractivity contribution is -0.139. The number of carbonyl (C=O) groups excluding carboxylic acids is 2. The number of rotatable bonds is 12. The predicted octanol–water partition coefficient (Wildman–Crippen LogP) is 3.99. The number of nitrogens with one attached hydrogen (secondary N) is 1. The fourth-order valence-corrected chi connectivity index (χ4v) is 5.84. The van der Waals surface area contributed by atoms with Crippen LogP contribution in [0.2, 0.25) is 0 Å². The molecule has 1 aliphatic heterocycles. The first-order valence-electron chi connectivity index (χ1n) is 13.9. The Morgan fingerprint density at radius 1 is 0.953 bits per heavy atom. The van der Waals surface area contributed by atoms with Gasteiger partial charge < -0.3 is 24.4 Å². The number of fused-ring (bicyclic) bond motifs is 1. The first-order chi connectivity index (χ1) is 20.5. The summed E-state index contributed by atoms with van der Waals surface area (Å²) in [7, 11) is -2.83. The molecule has 1 unspecified atom stereocenters. The summed E-state index contributed by atoms with van der Waals surface area (Å²) in [6, 6.07) is 15.1. The number of hydrogen-bond donors (Lipinski definition) is 1. The van der Waals surface area contributed by atoms with Gasteiger partial charge in [0.2, 0.25) is 11.8 Å². The molecule has 0 saturated heterocycles. The van der Waals surface area contributed by atoms with Crippen molar-refractivity contribution in [2.75, 3.05) is 37.7 Å². The molecule has 1 N–H and O–H groups in total. The lowest BCUT2D eigenvalue weighted by atomic mass is 10.1. The van der Waals surface area contributed by atoms with E-state index >= 15 is 0 Å². The van der Waals surface area contributed by atoms with Crippen molar-refractivity contribution in [2.24, 2.45) is 5.92 Å². The molecule has 1 heterocycles. The minimum atomic E-state index is -4.37. The van der Waals surface area contributed by atoms with Crippen LogP contribution in [0.4, 0.5) is 10.1 Å². The van der Waals surface area contributed by atoms with Crippen molar-refractivity contribution in [1.82, 2.24) is 10.2 Å². The number of anilines is 1. The third-order valence-electron chi connectivity index (χ3n) is 6.86. The van der Waals surface area contributed by atoms with Crippen molar-refractivity contribution in [2.45, 2.75) is 38.3 Å². The molecule has 0 fully saturated rings. The molecule has 3 aromatic carbocycles. The maximum absolute atomic E-state index is 14.0. The van der Waals surface area contributed by atoms with E-state index in [-0.39, 0.29) is 41.3 Å². The number of hydrogen-bond acceptors (Lipinski definition) is 7. The second kappa shape index (κ2) is 13.8. The number of sulfonamides is 1. The minimum absolute atomic E-state index is 0.0282. The highest BCUT2D eigenvalue weighted by atomic mass is 32.2. The average Bonchev–Trinajstić information content (AvgIpc) is 3.01. The van der Waals surface area contributed by atoms with Crippen LogP contribution in [0.15, 0.2) is 71.6 Å². The zero-order valence-corrected chi connectivity index (χ0v) is 25.4. The van der Waals surface area contributed by atoms with E-state index < -0.39 is 34.3 Å². The summed E-state index contributed by atoms with van der Waals surface area (Å²) < 4.78 is 59.1. The third-order valence-corrected chi connectivity index (χ3v) is 8.63. The molecule has 10 nitrogen and oxygen atoms in total. The van der Waals surface area contributed by atoms with Crippen LogP contribution in [0.25, 0.3) is 0 Å². The van der Waals surface area contributed by atoms with E-state index in [1.165, 1.54) is 42.3 Å². The van der Waals surface area contributed by atoms with Crippen LogP contribution in [0.3, 0.4) is 0 Å². The highest BCUT2D eigenvalue weighted by Gasteiger charge is 2.33. The lowest BCUT2D eigenvalue weighted by Gasteiger charge is -2.32. The zero-order valence-electron chi connectivity index (χ0n) is 24.6. The van der Waals surface area contributed by atoms with Crippen molar-refractivity contribution in [3.8, 4) is 17.2 Å². The molecule has 1 aliphatic rings. The largest absolute Gasteiger partial charge is 0.497 e. The van der Waals surface area contributed by atoms with Gasteiger partial charge in [-0.15, -0.1) is 0 Å². The normalized spacial score (nSPS) is 13.3. The SMILES string of the molecule is COc1ccc(CN(C(=O)CN(c2ccc(F)cc2)S(=O)(=O)c2ccc3c(c2)OCCO3)C(C)C(=O)NCC(C)C)cc1. The summed E-state index contributed by atoms with van der Waals surface area (Å²) in [4.78, 5) is 28.3. The number of ether oxygens (including phenoxy) is 3. The molecule has 0 saturated carbocycles. The van der Waals surface area contributed by atoms with Gasteiger partial charge in [0.15, 0.2) is 11.5 Å². The Kier molecular flexibility index (Phi) is 10.1. The van der Waals surface area contributed by atoms with Crippen molar-refractivity contribution < 1.29 is 36.6 Å². The standard InChI is InChI=1S/C31H36FN3O7S/c1-21(2)18-33-31(37)22(3)34(19-23-5-11-26(40-4)12-6-23)30(36)20-35(25-9-7-24(32)8-10-25)43(38,39)27-13-14-28-29(17-27)42-16-15-41-28/h5-14,17,21-22H,15-16,18-20H2,1-4H3,(H,33,37). The van der Waals surface area contributed by atoms with Crippen LogP contribution in [-0.2, 0) is 26.2 Å². The molecule has 0 spiro atoms. The molecule has 0 radical (unpaired) electrons. The van der Waals surface area contributed by atoms with Gasteiger partial charge in [-0.3, -0.25) is 13.9 Å². The van der Waals surface area contributed by atoms with E-state index in [0.717, 1.165) is 16.4 Å². The van der Waals surface area contributed by atoms with Gasteiger partial charge in [-0.05, 0) is 66.9 Å². The topological polar surface area (TPSA) is 114 Å². The number of methoxy groups -OCH3 is 1. The molecule has 0 aliphatic carbocycles. The second-order valence-electron chi connectivity index (χ2n) is 10.5. The molecule has 2 amide bonds. The zero-order chi connectivity index (χ0) is 31.1.